The van der Waals surface area contributed by atoms with E-state index in [2.05, 4.69) is 0 Å². The molecule has 0 aliphatic carbocycles. The average Bonchev–Trinajstić information content (AvgIpc) is 2.29. The first-order valence-corrected chi connectivity index (χ1v) is 6.20. The lowest BCUT2D eigenvalue weighted by molar-refractivity contribution is -0.145. The molecular formula is C12H21NO4. The molecule has 0 aromatic rings. The van der Waals surface area contributed by atoms with Gasteiger partial charge in [-0.05, 0) is 25.2 Å². The van der Waals surface area contributed by atoms with Gasteiger partial charge in [0.2, 0.25) is 5.91 Å². The van der Waals surface area contributed by atoms with Crippen molar-refractivity contribution < 1.29 is 19.4 Å². The van der Waals surface area contributed by atoms with E-state index in [-0.39, 0.29) is 12.5 Å². The Bertz CT molecular complexity index is 261. The Labute approximate surface area is 102 Å². The minimum Gasteiger partial charge on any atom is -0.480 e. The second kappa shape index (κ2) is 7.27. The monoisotopic (exact) mass is 243 g/mol. The van der Waals surface area contributed by atoms with Gasteiger partial charge in [0, 0.05) is 26.2 Å². The summed E-state index contributed by atoms with van der Waals surface area (Å²) in [5, 5.41) is 8.75. The van der Waals surface area contributed by atoms with Crippen molar-refractivity contribution >= 4 is 11.9 Å². The van der Waals surface area contributed by atoms with Crippen LogP contribution >= 0.6 is 0 Å². The van der Waals surface area contributed by atoms with Gasteiger partial charge in [0.1, 0.15) is 6.54 Å². The van der Waals surface area contributed by atoms with E-state index in [1.54, 1.807) is 0 Å². The number of carbonyl (C=O) groups is 2. The van der Waals surface area contributed by atoms with Crippen LogP contribution in [0.25, 0.3) is 0 Å². The van der Waals surface area contributed by atoms with Crippen LogP contribution in [0, 0.1) is 5.92 Å². The summed E-state index contributed by atoms with van der Waals surface area (Å²) in [7, 11) is 0. The molecule has 1 heterocycles. The van der Waals surface area contributed by atoms with Gasteiger partial charge < -0.3 is 14.7 Å². The van der Waals surface area contributed by atoms with Gasteiger partial charge in [0.15, 0.2) is 0 Å². The van der Waals surface area contributed by atoms with Crippen LogP contribution in [0.5, 0.6) is 0 Å². The molecule has 1 rings (SSSR count). The van der Waals surface area contributed by atoms with E-state index < -0.39 is 5.97 Å². The van der Waals surface area contributed by atoms with Crippen LogP contribution in [0.3, 0.4) is 0 Å². The number of amides is 1. The lowest BCUT2D eigenvalue weighted by atomic mass is 9.96. The van der Waals surface area contributed by atoms with Crippen LogP contribution in [0.2, 0.25) is 0 Å². The van der Waals surface area contributed by atoms with E-state index in [9.17, 15) is 9.59 Å². The second-order valence-electron chi connectivity index (χ2n) is 4.47. The number of carboxylic acid groups (broad SMARTS) is 1. The number of nitrogens with zero attached hydrogens (tertiary/aromatic N) is 1. The molecule has 0 saturated carbocycles. The summed E-state index contributed by atoms with van der Waals surface area (Å²) in [6.07, 6.45) is 3.04. The maximum absolute atomic E-state index is 12.0. The van der Waals surface area contributed by atoms with Crippen LogP contribution in [0.1, 0.15) is 32.6 Å². The molecule has 1 aliphatic rings. The number of rotatable bonds is 6. The summed E-state index contributed by atoms with van der Waals surface area (Å²) in [4.78, 5) is 24.1. The number of ether oxygens (including phenoxy) is 1. The van der Waals surface area contributed by atoms with Crippen LogP contribution in [0.4, 0.5) is 0 Å². The number of hydrogen-bond acceptors (Lipinski definition) is 3. The summed E-state index contributed by atoms with van der Waals surface area (Å²) in [6, 6.07) is 0. The summed E-state index contributed by atoms with van der Waals surface area (Å²) >= 11 is 0. The highest BCUT2D eigenvalue weighted by Gasteiger charge is 2.22. The molecule has 1 aliphatic heterocycles. The fraction of sp³-hybridized carbons (Fsp3) is 0.833. The van der Waals surface area contributed by atoms with Crippen LogP contribution < -0.4 is 0 Å². The lowest BCUT2D eigenvalue weighted by Gasteiger charge is -2.25. The summed E-state index contributed by atoms with van der Waals surface area (Å²) in [5.41, 5.74) is 0. The van der Waals surface area contributed by atoms with Gasteiger partial charge in [-0.2, -0.15) is 0 Å². The van der Waals surface area contributed by atoms with Gasteiger partial charge in [-0.25, -0.2) is 0 Å². The van der Waals surface area contributed by atoms with Crippen LogP contribution in [-0.4, -0.2) is 48.2 Å². The topological polar surface area (TPSA) is 66.8 Å². The molecule has 1 amide bonds. The van der Waals surface area contributed by atoms with Crippen molar-refractivity contribution in [3.05, 3.63) is 0 Å². The third-order valence-corrected chi connectivity index (χ3v) is 2.98. The maximum atomic E-state index is 12.0. The van der Waals surface area contributed by atoms with Gasteiger partial charge in [-0.3, -0.25) is 9.59 Å². The predicted molar refractivity (Wildman–Crippen MR) is 62.7 cm³/mol. The molecule has 1 N–H and O–H groups in total. The van der Waals surface area contributed by atoms with Crippen molar-refractivity contribution in [1.82, 2.24) is 4.90 Å². The lowest BCUT2D eigenvalue weighted by Crippen LogP contribution is -2.37. The van der Waals surface area contributed by atoms with E-state index in [4.69, 9.17) is 9.84 Å². The van der Waals surface area contributed by atoms with E-state index in [0.717, 1.165) is 19.3 Å². The van der Waals surface area contributed by atoms with Crippen molar-refractivity contribution in [2.45, 2.75) is 32.6 Å². The molecule has 1 fully saturated rings. The fourth-order valence-electron chi connectivity index (χ4n) is 2.05. The first kappa shape index (κ1) is 14.0. The highest BCUT2D eigenvalue weighted by molar-refractivity contribution is 5.81. The third-order valence-electron chi connectivity index (χ3n) is 2.98. The van der Waals surface area contributed by atoms with Gasteiger partial charge in [-0.15, -0.1) is 0 Å². The summed E-state index contributed by atoms with van der Waals surface area (Å²) < 4.78 is 5.23. The highest BCUT2D eigenvalue weighted by atomic mass is 16.5. The van der Waals surface area contributed by atoms with Crippen molar-refractivity contribution in [1.29, 1.82) is 0 Å². The van der Waals surface area contributed by atoms with Gasteiger partial charge in [0.25, 0.3) is 0 Å². The zero-order valence-electron chi connectivity index (χ0n) is 10.4. The minimum atomic E-state index is -0.946. The number of carboxylic acids is 1. The minimum absolute atomic E-state index is 0.0406. The van der Waals surface area contributed by atoms with E-state index >= 15 is 0 Å². The Kier molecular flexibility index (Phi) is 5.97. The summed E-state index contributed by atoms with van der Waals surface area (Å²) in [5.74, 6) is -0.635. The zero-order chi connectivity index (χ0) is 12.7. The van der Waals surface area contributed by atoms with Crippen molar-refractivity contribution in [3.8, 4) is 0 Å². The number of carbonyl (C=O) groups excluding carboxylic acids is 1. The molecule has 5 nitrogen and oxygen atoms in total. The first-order chi connectivity index (χ1) is 8.13. The smallest absolute Gasteiger partial charge is 0.323 e. The largest absolute Gasteiger partial charge is 0.480 e. The molecule has 0 bridgehead atoms. The van der Waals surface area contributed by atoms with Crippen LogP contribution in [0.15, 0.2) is 0 Å². The predicted octanol–water partition coefficient (Wildman–Crippen LogP) is 1.13. The second-order valence-corrected chi connectivity index (χ2v) is 4.47. The number of aliphatic carboxylic acids is 1. The molecule has 0 unspecified atom stereocenters. The summed E-state index contributed by atoms with van der Waals surface area (Å²) in [6.45, 7) is 3.70. The number of hydrogen-bond donors (Lipinski definition) is 1. The molecule has 0 radical (unpaired) electrons. The molecular weight excluding hydrogens is 222 g/mol. The average molecular weight is 243 g/mol. The van der Waals surface area contributed by atoms with Gasteiger partial charge >= 0.3 is 5.97 Å². The first-order valence-electron chi connectivity index (χ1n) is 6.20. The standard InChI is InChI=1S/C12H21NO4/c1-2-5-13(9-12(15)16)11(14)8-10-3-6-17-7-4-10/h10H,2-9H2,1H3,(H,15,16). The van der Waals surface area contributed by atoms with E-state index in [1.807, 2.05) is 6.92 Å². The van der Waals surface area contributed by atoms with Crippen molar-refractivity contribution in [2.24, 2.45) is 5.92 Å². The molecule has 98 valence electrons. The third kappa shape index (κ3) is 5.17. The van der Waals surface area contributed by atoms with Crippen molar-refractivity contribution in [3.63, 3.8) is 0 Å². The molecule has 0 atom stereocenters. The van der Waals surface area contributed by atoms with E-state index in [0.29, 0.717) is 32.1 Å². The molecule has 5 heteroatoms. The Morgan fingerprint density at radius 1 is 1.35 bits per heavy atom. The molecule has 0 spiro atoms. The van der Waals surface area contributed by atoms with Gasteiger partial charge in [-0.1, -0.05) is 6.92 Å². The van der Waals surface area contributed by atoms with Crippen molar-refractivity contribution in [2.75, 3.05) is 26.3 Å². The normalized spacial score (nSPS) is 16.8. The SMILES string of the molecule is CCCN(CC(=O)O)C(=O)CC1CCOCC1. The molecule has 0 aromatic carbocycles. The molecule has 0 aromatic heterocycles. The van der Waals surface area contributed by atoms with Gasteiger partial charge in [0.05, 0.1) is 0 Å². The van der Waals surface area contributed by atoms with E-state index in [1.165, 1.54) is 4.90 Å². The van der Waals surface area contributed by atoms with Crippen LogP contribution in [-0.2, 0) is 14.3 Å². The Hall–Kier alpha value is -1.10. The fourth-order valence-corrected chi connectivity index (χ4v) is 2.05. The Balaban J connectivity index is 2.42. The Morgan fingerprint density at radius 2 is 2.00 bits per heavy atom. The zero-order valence-corrected chi connectivity index (χ0v) is 10.4. The molecule has 1 saturated heterocycles. The quantitative estimate of drug-likeness (QED) is 0.759. The maximum Gasteiger partial charge on any atom is 0.323 e. The highest BCUT2D eigenvalue weighted by Crippen LogP contribution is 2.19. The Morgan fingerprint density at radius 3 is 2.53 bits per heavy atom. The molecule has 17 heavy (non-hydrogen) atoms.